The average molecular weight is 180 g/mol. The van der Waals surface area contributed by atoms with Crippen molar-refractivity contribution in [3.8, 4) is 0 Å². The van der Waals surface area contributed by atoms with Crippen LogP contribution >= 0.6 is 7.82 Å². The molecule has 0 saturated carbocycles. The van der Waals surface area contributed by atoms with Gasteiger partial charge in [-0.2, -0.15) is 0 Å². The van der Waals surface area contributed by atoms with Crippen LogP contribution in [0, 0.1) is 0 Å². The molecule has 0 atom stereocenters. The van der Waals surface area contributed by atoms with E-state index >= 15 is 0 Å². The minimum absolute atomic E-state index is 0. The minimum Gasteiger partial charge on any atom is -0.780 e. The predicted molar refractivity (Wildman–Crippen MR) is 22.4 cm³/mol. The molecule has 0 fully saturated rings. The van der Waals surface area contributed by atoms with E-state index in [4.69, 9.17) is 0 Å². The monoisotopic (exact) mass is 180 g/mol. The largest absolute Gasteiger partial charge is 1.00 e. The van der Waals surface area contributed by atoms with Crippen LogP contribution in [0.3, 0.4) is 0 Å². The van der Waals surface area contributed by atoms with Gasteiger partial charge in [0.25, 0.3) is 0 Å². The first kappa shape index (κ1) is 17.5. The summed E-state index contributed by atoms with van der Waals surface area (Å²) in [6, 6.07) is 0. The van der Waals surface area contributed by atoms with Crippen LogP contribution in [0.4, 0.5) is 0 Å². The van der Waals surface area contributed by atoms with Gasteiger partial charge >= 0.3 is 59.1 Å². The molecule has 0 heterocycles. The van der Waals surface area contributed by atoms with E-state index in [1.54, 1.807) is 0 Å². The number of hydrogen-bond acceptors (Lipinski definition) is 4. The third kappa shape index (κ3) is 16.2. The molecule has 0 saturated heterocycles. The zero-order valence-electron chi connectivity index (χ0n) is 5.86. The maximum absolute atomic E-state index is 9.54. The normalized spacial score (nSPS) is 7.80. The maximum Gasteiger partial charge on any atom is 1.00 e. The molecule has 4 nitrogen and oxygen atoms in total. The fraction of sp³-hybridized carbons (Fsp3) is 0. The van der Waals surface area contributed by atoms with Crippen LogP contribution in [-0.2, 0) is 9.09 Å². The van der Waals surface area contributed by atoms with Gasteiger partial charge in [-0.25, -0.2) is 0 Å². The van der Waals surface area contributed by atoms with Gasteiger partial charge in [-0.1, -0.05) is 12.3 Å². The van der Waals surface area contributed by atoms with Gasteiger partial charge in [0.15, 0.2) is 0 Å². The molecule has 0 aliphatic carbocycles. The first-order valence-electron chi connectivity index (χ1n) is 1.61. The molecular weight excluding hydrogens is 177 g/mol. The van der Waals surface area contributed by atoms with Gasteiger partial charge < -0.3 is 18.9 Å². The SMILES string of the molecule is C=C=COP(=O)([O-])[O-].[Na+].[Na+]. The summed E-state index contributed by atoms with van der Waals surface area (Å²) in [5.74, 6) is 0. The van der Waals surface area contributed by atoms with Gasteiger partial charge in [0.1, 0.15) is 14.1 Å². The number of phosphoric ester groups is 1. The summed E-state index contributed by atoms with van der Waals surface area (Å²) < 4.78 is 13.1. The van der Waals surface area contributed by atoms with Crippen LogP contribution in [0.2, 0.25) is 0 Å². The average Bonchev–Trinajstić information content (AvgIpc) is 1.59. The Morgan fingerprint density at radius 3 is 2.00 bits per heavy atom. The summed E-state index contributed by atoms with van der Waals surface area (Å²) in [6.07, 6.45) is 0.584. The van der Waals surface area contributed by atoms with Crippen molar-refractivity contribution < 1.29 is 78.0 Å². The molecule has 7 heteroatoms. The molecular formula is C3H3Na2O4P. The van der Waals surface area contributed by atoms with E-state index in [1.165, 1.54) is 0 Å². The molecule has 0 aromatic heterocycles. The number of rotatable bonds is 2. The van der Waals surface area contributed by atoms with Crippen molar-refractivity contribution >= 4 is 7.82 Å². The number of phosphoric acid groups is 1. The Bertz CT molecular complexity index is 158. The molecule has 0 rings (SSSR count). The van der Waals surface area contributed by atoms with Crippen LogP contribution < -0.4 is 68.9 Å². The maximum atomic E-state index is 9.54. The van der Waals surface area contributed by atoms with Crippen molar-refractivity contribution in [3.63, 3.8) is 0 Å². The molecule has 0 aromatic rings. The van der Waals surface area contributed by atoms with Gasteiger partial charge in [-0.05, 0) is 0 Å². The van der Waals surface area contributed by atoms with Crippen molar-refractivity contribution in [2.45, 2.75) is 0 Å². The summed E-state index contributed by atoms with van der Waals surface area (Å²) in [7, 11) is -4.84. The Hall–Kier alpha value is 1.47. The summed E-state index contributed by atoms with van der Waals surface area (Å²) in [6.45, 7) is 2.96. The molecule has 0 bridgehead atoms. The van der Waals surface area contributed by atoms with Gasteiger partial charge in [0, 0.05) is 0 Å². The quantitative estimate of drug-likeness (QED) is 0.183. The zero-order valence-corrected chi connectivity index (χ0v) is 10.8. The molecule has 0 aliphatic heterocycles. The summed E-state index contributed by atoms with van der Waals surface area (Å²) in [4.78, 5) is 19.1. The van der Waals surface area contributed by atoms with E-state index in [2.05, 4.69) is 11.1 Å². The second kappa shape index (κ2) is 8.57. The van der Waals surface area contributed by atoms with Crippen LogP contribution in [-0.4, -0.2) is 0 Å². The summed E-state index contributed by atoms with van der Waals surface area (Å²) in [5.41, 5.74) is 1.95. The van der Waals surface area contributed by atoms with Crippen molar-refractivity contribution in [1.82, 2.24) is 0 Å². The Balaban J connectivity index is -0.000000245. The van der Waals surface area contributed by atoms with Crippen molar-refractivity contribution in [3.05, 3.63) is 18.6 Å². The topological polar surface area (TPSA) is 72.4 Å². The van der Waals surface area contributed by atoms with E-state index in [1.807, 2.05) is 5.73 Å². The minimum atomic E-state index is -4.84. The molecule has 0 N–H and O–H groups in total. The second-order valence-corrected chi connectivity index (χ2v) is 1.98. The van der Waals surface area contributed by atoms with Gasteiger partial charge in [0.2, 0.25) is 0 Å². The summed E-state index contributed by atoms with van der Waals surface area (Å²) in [5, 5.41) is 0. The van der Waals surface area contributed by atoms with E-state index in [-0.39, 0.29) is 59.1 Å². The Morgan fingerprint density at radius 1 is 1.50 bits per heavy atom. The standard InChI is InChI=1S/C3H5O4P.2Na/c1-2-3-7-8(4,5)6;;/h3H,1H2,(H2,4,5,6);;/q;2*+1/p-2. The third-order valence-electron chi connectivity index (χ3n) is 0.265. The van der Waals surface area contributed by atoms with Crippen molar-refractivity contribution in [1.29, 1.82) is 0 Å². The van der Waals surface area contributed by atoms with E-state index in [0.717, 1.165) is 0 Å². The third-order valence-corrected chi connectivity index (χ3v) is 0.629. The number of hydrogen-bond donors (Lipinski definition) is 0. The van der Waals surface area contributed by atoms with Crippen LogP contribution in [0.5, 0.6) is 0 Å². The van der Waals surface area contributed by atoms with Gasteiger partial charge in [0.05, 0.1) is 0 Å². The first-order valence-corrected chi connectivity index (χ1v) is 3.07. The van der Waals surface area contributed by atoms with E-state index in [0.29, 0.717) is 6.26 Å². The fourth-order valence-corrected chi connectivity index (χ4v) is 0.305. The molecule has 46 valence electrons. The summed E-state index contributed by atoms with van der Waals surface area (Å²) >= 11 is 0. The molecule has 0 unspecified atom stereocenters. The van der Waals surface area contributed by atoms with Crippen molar-refractivity contribution in [2.24, 2.45) is 0 Å². The first-order chi connectivity index (χ1) is 3.56. The van der Waals surface area contributed by atoms with E-state index in [9.17, 15) is 14.4 Å². The Morgan fingerprint density at radius 2 is 1.90 bits per heavy atom. The Labute approximate surface area is 103 Å². The second-order valence-electron chi connectivity index (χ2n) is 0.875. The molecule has 0 amide bonds. The van der Waals surface area contributed by atoms with Crippen LogP contribution in [0.15, 0.2) is 18.6 Å². The van der Waals surface area contributed by atoms with Gasteiger partial charge in [-0.3, -0.25) is 0 Å². The molecule has 0 spiro atoms. The van der Waals surface area contributed by atoms with E-state index < -0.39 is 7.82 Å². The van der Waals surface area contributed by atoms with Crippen molar-refractivity contribution in [2.75, 3.05) is 0 Å². The Kier molecular flexibility index (Phi) is 15.0. The fourth-order valence-electron chi connectivity index (χ4n) is 0.102. The molecule has 0 aromatic carbocycles. The molecule has 0 radical (unpaired) electrons. The van der Waals surface area contributed by atoms with Gasteiger partial charge in [-0.15, -0.1) is 0 Å². The predicted octanol–water partition coefficient (Wildman–Crippen LogP) is -6.86. The smallest absolute Gasteiger partial charge is 0.780 e. The van der Waals surface area contributed by atoms with Crippen LogP contribution in [0.25, 0.3) is 0 Å². The zero-order chi connectivity index (χ0) is 6.62. The van der Waals surface area contributed by atoms with Crippen LogP contribution in [0.1, 0.15) is 0 Å². The molecule has 10 heavy (non-hydrogen) atoms. The molecule has 0 aliphatic rings.